The Morgan fingerprint density at radius 3 is 2.81 bits per heavy atom. The fourth-order valence-corrected chi connectivity index (χ4v) is 3.54. The molecule has 4 rings (SSSR count). The van der Waals surface area contributed by atoms with Gasteiger partial charge in [-0.15, -0.1) is 0 Å². The van der Waals surface area contributed by atoms with Crippen molar-refractivity contribution in [3.63, 3.8) is 0 Å². The largest absolute Gasteiger partial charge is 0.475 e. The Kier molecular flexibility index (Phi) is 5.57. The first-order chi connectivity index (χ1) is 14.7. The molecule has 0 saturated carbocycles. The van der Waals surface area contributed by atoms with Crippen molar-refractivity contribution >= 4 is 11.6 Å². The molecule has 1 fully saturated rings. The number of rotatable bonds is 4. The molecule has 0 radical (unpaired) electrons. The fourth-order valence-electron chi connectivity index (χ4n) is 3.54. The summed E-state index contributed by atoms with van der Waals surface area (Å²) in [6.07, 6.45) is -2.34. The number of alkyl halides is 3. The number of imidazole rings is 1. The lowest BCUT2D eigenvalue weighted by molar-refractivity contribution is -0.137. The summed E-state index contributed by atoms with van der Waals surface area (Å²) in [6, 6.07) is 5.88. The second kappa shape index (κ2) is 8.18. The topological polar surface area (TPSA) is 69.0 Å². The number of aromatic nitrogens is 3. The molecule has 0 aromatic carbocycles. The number of morpholine rings is 1. The van der Waals surface area contributed by atoms with Gasteiger partial charge >= 0.3 is 6.18 Å². The fraction of sp³-hybridized carbons (Fsp3) is 0.381. The van der Waals surface area contributed by atoms with Gasteiger partial charge < -0.3 is 14.4 Å². The molecule has 3 aromatic heterocycles. The van der Waals surface area contributed by atoms with Crippen molar-refractivity contribution in [3.05, 3.63) is 59.2 Å². The molecule has 31 heavy (non-hydrogen) atoms. The van der Waals surface area contributed by atoms with Gasteiger partial charge in [0.1, 0.15) is 24.1 Å². The van der Waals surface area contributed by atoms with Gasteiger partial charge in [-0.3, -0.25) is 9.20 Å². The Balaban J connectivity index is 1.43. The minimum absolute atomic E-state index is 0.0629. The van der Waals surface area contributed by atoms with Crippen molar-refractivity contribution in [2.24, 2.45) is 0 Å². The van der Waals surface area contributed by atoms with E-state index in [4.69, 9.17) is 9.47 Å². The lowest BCUT2D eigenvalue weighted by Crippen LogP contribution is -2.48. The highest BCUT2D eigenvalue weighted by molar-refractivity contribution is 5.95. The first-order valence-corrected chi connectivity index (χ1v) is 9.75. The number of amides is 1. The minimum atomic E-state index is -4.45. The zero-order chi connectivity index (χ0) is 22.2. The molecule has 0 bridgehead atoms. The average Bonchev–Trinajstić information content (AvgIpc) is 3.09. The molecule has 0 N–H and O–H groups in total. The highest BCUT2D eigenvalue weighted by Gasteiger charge is 2.31. The van der Waals surface area contributed by atoms with Gasteiger partial charge in [-0.2, -0.15) is 13.2 Å². The molecule has 1 amide bonds. The predicted molar refractivity (Wildman–Crippen MR) is 105 cm³/mol. The van der Waals surface area contributed by atoms with Crippen molar-refractivity contribution < 1.29 is 27.4 Å². The first-order valence-electron chi connectivity index (χ1n) is 9.75. The number of aryl methyl sites for hydroxylation is 2. The van der Waals surface area contributed by atoms with E-state index in [0.29, 0.717) is 24.5 Å². The highest BCUT2D eigenvalue weighted by atomic mass is 19.4. The lowest BCUT2D eigenvalue weighted by Gasteiger charge is -2.32. The number of nitrogens with zero attached hydrogens (tertiary/aromatic N) is 4. The Bertz CT molecular complexity index is 1100. The van der Waals surface area contributed by atoms with E-state index in [9.17, 15) is 18.0 Å². The van der Waals surface area contributed by atoms with Crippen LogP contribution >= 0.6 is 0 Å². The number of hydrogen-bond acceptors (Lipinski definition) is 5. The van der Waals surface area contributed by atoms with E-state index in [1.165, 1.54) is 6.07 Å². The maximum atomic E-state index is 13.2. The molecule has 1 unspecified atom stereocenters. The summed E-state index contributed by atoms with van der Waals surface area (Å²) in [6.45, 7) is 4.84. The third kappa shape index (κ3) is 4.34. The van der Waals surface area contributed by atoms with E-state index in [0.717, 1.165) is 23.5 Å². The zero-order valence-electron chi connectivity index (χ0n) is 17.0. The molecule has 4 heterocycles. The Morgan fingerprint density at radius 2 is 2.10 bits per heavy atom. The van der Waals surface area contributed by atoms with Gasteiger partial charge in [0, 0.05) is 25.0 Å². The van der Waals surface area contributed by atoms with Gasteiger partial charge in [0.25, 0.3) is 5.91 Å². The van der Waals surface area contributed by atoms with E-state index in [-0.39, 0.29) is 24.9 Å². The first kappa shape index (κ1) is 21.1. The quantitative estimate of drug-likeness (QED) is 0.631. The number of carbonyl (C=O) groups is 1. The molecule has 3 aromatic rings. The van der Waals surface area contributed by atoms with E-state index in [1.807, 2.05) is 25.3 Å². The van der Waals surface area contributed by atoms with Gasteiger partial charge in [0.2, 0.25) is 5.88 Å². The average molecular weight is 434 g/mol. The molecule has 1 aliphatic rings. The van der Waals surface area contributed by atoms with Gasteiger partial charge in [-0.05, 0) is 31.5 Å². The van der Waals surface area contributed by atoms with Crippen LogP contribution < -0.4 is 4.74 Å². The van der Waals surface area contributed by atoms with Crippen molar-refractivity contribution in [1.82, 2.24) is 19.3 Å². The molecular formula is C21H21F3N4O3. The van der Waals surface area contributed by atoms with E-state index in [2.05, 4.69) is 9.97 Å². The van der Waals surface area contributed by atoms with E-state index >= 15 is 0 Å². The van der Waals surface area contributed by atoms with Crippen molar-refractivity contribution in [2.75, 3.05) is 26.3 Å². The zero-order valence-corrected chi connectivity index (χ0v) is 17.0. The van der Waals surface area contributed by atoms with Crippen LogP contribution in [0.15, 0.2) is 36.7 Å². The maximum Gasteiger partial charge on any atom is 0.417 e. The second-order valence-electron chi connectivity index (χ2n) is 7.37. The van der Waals surface area contributed by atoms with Crippen LogP contribution in [0.5, 0.6) is 5.88 Å². The summed E-state index contributed by atoms with van der Waals surface area (Å²) in [5.41, 5.74) is 2.02. The second-order valence-corrected chi connectivity index (χ2v) is 7.37. The van der Waals surface area contributed by atoms with Crippen molar-refractivity contribution in [1.29, 1.82) is 0 Å². The van der Waals surface area contributed by atoms with Crippen LogP contribution in [-0.2, 0) is 10.9 Å². The Morgan fingerprint density at radius 1 is 1.29 bits per heavy atom. The molecule has 10 heteroatoms. The normalized spacial score (nSPS) is 17.2. The van der Waals surface area contributed by atoms with E-state index < -0.39 is 17.8 Å². The van der Waals surface area contributed by atoms with Crippen molar-refractivity contribution in [3.8, 4) is 5.88 Å². The number of fused-ring (bicyclic) bond motifs is 1. The predicted octanol–water partition coefficient (Wildman–Crippen LogP) is 3.28. The summed E-state index contributed by atoms with van der Waals surface area (Å²) in [5, 5.41) is 0. The van der Waals surface area contributed by atoms with Gasteiger partial charge in [-0.25, -0.2) is 9.97 Å². The third-order valence-corrected chi connectivity index (χ3v) is 5.13. The van der Waals surface area contributed by atoms with Crippen LogP contribution in [0, 0.1) is 13.8 Å². The van der Waals surface area contributed by atoms with Crippen LogP contribution in [0.1, 0.15) is 27.3 Å². The number of halogens is 3. The molecule has 7 nitrogen and oxygen atoms in total. The Labute approximate surface area is 176 Å². The summed E-state index contributed by atoms with van der Waals surface area (Å²) in [4.78, 5) is 23.1. The number of ether oxygens (including phenoxy) is 2. The van der Waals surface area contributed by atoms with Crippen LogP contribution in [0.4, 0.5) is 13.2 Å². The maximum absolute atomic E-state index is 13.2. The molecular weight excluding hydrogens is 413 g/mol. The Hall–Kier alpha value is -3.14. The molecule has 1 aliphatic heterocycles. The number of carbonyl (C=O) groups excluding carboxylic acids is 1. The number of pyridine rings is 2. The summed E-state index contributed by atoms with van der Waals surface area (Å²) < 4.78 is 50.8. The number of hydrogen-bond donors (Lipinski definition) is 0. The van der Waals surface area contributed by atoms with Crippen LogP contribution in [0.25, 0.3) is 5.65 Å². The molecule has 1 atom stereocenters. The van der Waals surface area contributed by atoms with Crippen LogP contribution in [0.2, 0.25) is 0 Å². The molecule has 0 aliphatic carbocycles. The molecule has 164 valence electrons. The molecule has 0 spiro atoms. The smallest absolute Gasteiger partial charge is 0.417 e. The van der Waals surface area contributed by atoms with E-state index in [1.54, 1.807) is 16.2 Å². The highest BCUT2D eigenvalue weighted by Crippen LogP contribution is 2.29. The standard InChI is InChI=1S/C21H21F3N4O3/c1-13-4-3-7-28-18(14(2)26-19(13)28)20(29)27-8-9-30-16(11-27)12-31-17-6-5-15(10-25-17)21(22,23)24/h3-7,10,16H,8-9,11-12H2,1-2H3. The van der Waals surface area contributed by atoms with Crippen molar-refractivity contribution in [2.45, 2.75) is 26.1 Å². The van der Waals surface area contributed by atoms with Gasteiger partial charge in [0.05, 0.1) is 24.4 Å². The molecule has 1 saturated heterocycles. The summed E-state index contributed by atoms with van der Waals surface area (Å²) in [7, 11) is 0. The summed E-state index contributed by atoms with van der Waals surface area (Å²) in [5.74, 6) is -0.0929. The van der Waals surface area contributed by atoms with Gasteiger partial charge in [-0.1, -0.05) is 6.07 Å². The van der Waals surface area contributed by atoms with Gasteiger partial charge in [0.15, 0.2) is 0 Å². The third-order valence-electron chi connectivity index (χ3n) is 5.13. The van der Waals surface area contributed by atoms with Crippen LogP contribution in [0.3, 0.4) is 0 Å². The lowest BCUT2D eigenvalue weighted by atomic mass is 10.2. The van der Waals surface area contributed by atoms with Crippen LogP contribution in [-0.4, -0.2) is 57.6 Å². The SMILES string of the molecule is Cc1nc2c(C)cccn2c1C(=O)N1CCOC(COc2ccc(C(F)(F)F)cn2)C1. The summed E-state index contributed by atoms with van der Waals surface area (Å²) >= 11 is 0. The monoisotopic (exact) mass is 434 g/mol. The minimum Gasteiger partial charge on any atom is -0.475 e.